The molecule has 0 spiro atoms. The predicted molar refractivity (Wildman–Crippen MR) is 215 cm³/mol. The Bertz CT molecular complexity index is 2910. The van der Waals surface area contributed by atoms with Crippen LogP contribution < -0.4 is 36.6 Å². The summed E-state index contributed by atoms with van der Waals surface area (Å²) in [6, 6.07) is 39.7. The minimum absolute atomic E-state index is 0.141. The molecule has 2 aromatic heterocycles. The number of carbonyl (C=O) groups is 2. The number of nitrogens with one attached hydrogen (secondary N) is 1. The Morgan fingerprint density at radius 1 is 0.525 bits per heavy atom. The Hall–Kier alpha value is -8.04. The Kier molecular flexibility index (Phi) is 14.5. The molecule has 61 heavy (non-hydrogen) atoms. The molecule has 1 amide bonds. The van der Waals surface area contributed by atoms with E-state index >= 15 is 0 Å². The second-order valence-corrected chi connectivity index (χ2v) is 15.2. The molecule has 0 aliphatic heterocycles. The van der Waals surface area contributed by atoms with Gasteiger partial charge in [-0.1, -0.05) is 91.0 Å². The van der Waals surface area contributed by atoms with Crippen LogP contribution in [-0.2, 0) is 20.0 Å². The van der Waals surface area contributed by atoms with Crippen molar-refractivity contribution >= 4 is 43.9 Å². The number of amides is 1. The molecule has 3 N–H and O–H groups in total. The van der Waals surface area contributed by atoms with Crippen molar-refractivity contribution in [2.24, 2.45) is 0 Å². The zero-order valence-corrected chi connectivity index (χ0v) is 32.7. The van der Waals surface area contributed by atoms with Gasteiger partial charge in [0.05, 0.1) is 22.2 Å². The van der Waals surface area contributed by atoms with E-state index in [1.165, 1.54) is 60.7 Å². The van der Waals surface area contributed by atoms with Gasteiger partial charge in [-0.2, -0.15) is 17.9 Å². The lowest BCUT2D eigenvalue weighted by molar-refractivity contribution is 0.152. The second-order valence-electron chi connectivity index (χ2n) is 11.6. The van der Waals surface area contributed by atoms with Gasteiger partial charge in [-0.25, -0.2) is 44.8 Å². The van der Waals surface area contributed by atoms with Crippen LogP contribution in [0.5, 0.6) is 17.2 Å². The summed E-state index contributed by atoms with van der Waals surface area (Å²) in [7, 11) is -8.49. The minimum atomic E-state index is -4.33. The van der Waals surface area contributed by atoms with Gasteiger partial charge in [-0.3, -0.25) is 5.32 Å². The molecule has 0 unspecified atom stereocenters. The molecular weight excluding hydrogens is 843 g/mol. The molecule has 0 aliphatic rings. The largest absolute Gasteiger partial charge is 0.519 e. The van der Waals surface area contributed by atoms with E-state index in [9.17, 15) is 44.8 Å². The van der Waals surface area contributed by atoms with E-state index in [0.717, 1.165) is 0 Å². The van der Waals surface area contributed by atoms with Crippen molar-refractivity contribution in [1.82, 2.24) is 17.9 Å². The molecule has 0 aliphatic carbocycles. The molecule has 2 heterocycles. The first-order valence-corrected chi connectivity index (χ1v) is 20.0. The molecule has 0 radical (unpaired) electrons. The summed E-state index contributed by atoms with van der Waals surface area (Å²) in [4.78, 5) is 52.7. The fourth-order valence-corrected chi connectivity index (χ4v) is 7.01. The lowest BCUT2D eigenvalue weighted by Gasteiger charge is -2.10. The average Bonchev–Trinajstić information content (AvgIpc) is 3.25. The number of hydrogen-bond donors (Lipinski definition) is 2. The summed E-state index contributed by atoms with van der Waals surface area (Å²) in [5.41, 5.74) is 2.64. The van der Waals surface area contributed by atoms with Crippen molar-refractivity contribution in [2.75, 3.05) is 11.1 Å². The maximum absolute atomic E-state index is 14.2. The van der Waals surface area contributed by atoms with Crippen LogP contribution >= 0.6 is 0 Å². The highest BCUT2D eigenvalue weighted by Gasteiger charge is 2.23. The van der Waals surface area contributed by atoms with Crippen LogP contribution in [0.2, 0.25) is 0 Å². The van der Waals surface area contributed by atoms with Gasteiger partial charge < -0.3 is 19.9 Å². The van der Waals surface area contributed by atoms with E-state index in [2.05, 4.69) is 9.97 Å². The molecule has 7 rings (SSSR count). The predicted octanol–water partition coefficient (Wildman–Crippen LogP) is 5.70. The molecule has 0 atom stereocenters. The van der Waals surface area contributed by atoms with Gasteiger partial charge in [0.15, 0.2) is 23.3 Å². The molecule has 5 aromatic carbocycles. The van der Waals surface area contributed by atoms with Crippen molar-refractivity contribution in [3.8, 4) is 17.2 Å². The maximum Gasteiger partial charge on any atom is 0.519 e. The number of anilines is 2. The molecule has 17 nitrogen and oxygen atoms in total. The Balaban J connectivity index is 0.000000181. The first-order valence-electron chi connectivity index (χ1n) is 17.1. The lowest BCUT2D eigenvalue weighted by atomic mass is 10.3. The summed E-state index contributed by atoms with van der Waals surface area (Å²) in [6.07, 6.45) is -0.879. The number of nitrogens with zero attached hydrogens (tertiary/aromatic N) is 4. The topological polar surface area (TPSA) is 238 Å². The van der Waals surface area contributed by atoms with E-state index in [0.29, 0.717) is 23.9 Å². The van der Waals surface area contributed by atoms with E-state index in [-0.39, 0.29) is 23.5 Å². The molecule has 0 saturated carbocycles. The average molecular weight is 873 g/mol. The van der Waals surface area contributed by atoms with Gasteiger partial charge in [0, 0.05) is 0 Å². The number of carbonyl (C=O) groups excluding carboxylic acids is 2. The third kappa shape index (κ3) is 12.0. The monoisotopic (exact) mass is 872 g/mol. The van der Waals surface area contributed by atoms with Gasteiger partial charge in [0.1, 0.15) is 17.2 Å². The molecule has 0 fully saturated rings. The molecule has 0 saturated heterocycles. The van der Waals surface area contributed by atoms with Gasteiger partial charge in [0.2, 0.25) is 0 Å². The summed E-state index contributed by atoms with van der Waals surface area (Å²) in [5, 5.41) is 1.96. The maximum atomic E-state index is 14.2. The fourth-order valence-electron chi connectivity index (χ4n) is 4.60. The highest BCUT2D eigenvalue weighted by atomic mass is 32.2. The zero-order valence-electron chi connectivity index (χ0n) is 31.0. The van der Waals surface area contributed by atoms with Crippen LogP contribution in [-0.4, -0.2) is 47.0 Å². The Morgan fingerprint density at radius 2 is 0.869 bits per heavy atom. The third-order valence-corrected chi connectivity index (χ3v) is 10.7. The summed E-state index contributed by atoms with van der Waals surface area (Å²) < 4.78 is 91.5. The number of ether oxygens (including phenoxy) is 3. The molecule has 7 aromatic rings. The van der Waals surface area contributed by atoms with Gasteiger partial charge in [-0.15, -0.1) is 0 Å². The number of nitrogen functional groups attached to an aromatic ring is 1. The van der Waals surface area contributed by atoms with Crippen LogP contribution in [0.4, 0.5) is 30.0 Å². The van der Waals surface area contributed by atoms with Gasteiger partial charge >= 0.3 is 23.6 Å². The minimum Gasteiger partial charge on any atom is -0.410 e. The summed E-state index contributed by atoms with van der Waals surface area (Å²) in [5.74, 6) is -2.57. The molecular formula is C40H30F2N6O11S2. The smallest absolute Gasteiger partial charge is 0.410 e. The normalized spacial score (nSPS) is 10.7. The quantitative estimate of drug-likeness (QED) is 0.138. The second kappa shape index (κ2) is 20.1. The third-order valence-electron chi connectivity index (χ3n) is 7.40. The van der Waals surface area contributed by atoms with Crippen molar-refractivity contribution in [3.05, 3.63) is 197 Å². The highest BCUT2D eigenvalue weighted by molar-refractivity contribution is 7.90. The van der Waals surface area contributed by atoms with Crippen LogP contribution in [0.1, 0.15) is 0 Å². The van der Waals surface area contributed by atoms with Crippen molar-refractivity contribution in [2.45, 2.75) is 9.79 Å². The zero-order chi connectivity index (χ0) is 44.0. The fraction of sp³-hybridized carbons (Fsp3) is 0. The van der Waals surface area contributed by atoms with Crippen molar-refractivity contribution in [3.63, 3.8) is 0 Å². The number of halogens is 2. The van der Waals surface area contributed by atoms with E-state index in [1.807, 2.05) is 17.4 Å². The number of benzene rings is 5. The SMILES string of the molecule is Nc1nc(=O)n(S(=O)(=O)c2ccccc2)cc1F.O=C(Nc1nc(=O)n(S(=O)(=O)c2ccccc2)cc1F)Oc1ccccc1.O=C(Oc1ccccc1)Oc1ccccc1. The first-order chi connectivity index (χ1) is 29.1. The van der Waals surface area contributed by atoms with Gasteiger partial charge in [-0.05, 0) is 60.7 Å². The van der Waals surface area contributed by atoms with Crippen LogP contribution in [0.25, 0.3) is 0 Å². The lowest BCUT2D eigenvalue weighted by Crippen LogP contribution is -2.31. The van der Waals surface area contributed by atoms with Crippen molar-refractivity contribution in [1.29, 1.82) is 0 Å². The summed E-state index contributed by atoms with van der Waals surface area (Å²) in [6.45, 7) is 0. The molecule has 0 bridgehead atoms. The van der Waals surface area contributed by atoms with E-state index in [4.69, 9.17) is 19.9 Å². The van der Waals surface area contributed by atoms with Crippen LogP contribution in [0, 0.1) is 11.6 Å². The van der Waals surface area contributed by atoms with Crippen molar-refractivity contribution < 1.29 is 49.4 Å². The van der Waals surface area contributed by atoms with Gasteiger partial charge in [0.25, 0.3) is 20.0 Å². The van der Waals surface area contributed by atoms with Crippen LogP contribution in [0.3, 0.4) is 0 Å². The number of aromatic nitrogens is 4. The first kappa shape index (κ1) is 44.1. The molecule has 312 valence electrons. The molecule has 21 heteroatoms. The Morgan fingerprint density at radius 3 is 1.28 bits per heavy atom. The number of hydrogen-bond acceptors (Lipinski definition) is 14. The number of para-hydroxylation sites is 3. The standard InChI is InChI=1S/C17H12FN3O5S.C13H10O3.C10H8FN3O3S/c18-14-11-21(27(24,25)13-9-5-2-6-10-13)16(22)19-15(14)20-17(23)26-12-7-3-1-4-8-12;14-13(15-11-7-3-1-4-8-11)16-12-9-5-2-6-10-12;11-8-6-14(10(15)13-9(8)12)18(16,17)7-4-2-1-3-5-7/h1-11H,(H,19,20,22,23);1-10H;1-6H,(H2,12,13,15). The Labute approximate surface area is 345 Å². The number of nitrogens with two attached hydrogens (primary N) is 1. The summed E-state index contributed by atoms with van der Waals surface area (Å²) >= 11 is 0. The number of rotatable bonds is 8. The van der Waals surface area contributed by atoms with Crippen LogP contribution in [0.15, 0.2) is 183 Å². The highest BCUT2D eigenvalue weighted by Crippen LogP contribution is 2.17. The van der Waals surface area contributed by atoms with E-state index in [1.54, 1.807) is 78.9 Å². The van der Waals surface area contributed by atoms with E-state index < -0.39 is 66.9 Å².